The first-order valence-corrected chi connectivity index (χ1v) is 10.7. The molecule has 1 aliphatic rings. The zero-order chi connectivity index (χ0) is 21.3. The fourth-order valence-electron chi connectivity index (χ4n) is 3.74. The van der Waals surface area contributed by atoms with Crippen LogP contribution < -0.4 is 5.32 Å². The molecule has 7 heteroatoms. The first kappa shape index (κ1) is 20.8. The number of carbonyl (C=O) groups excluding carboxylic acids is 2. The third-order valence-corrected chi connectivity index (χ3v) is 5.90. The van der Waals surface area contributed by atoms with Gasteiger partial charge < -0.3 is 14.5 Å². The van der Waals surface area contributed by atoms with Crippen LogP contribution in [0.2, 0.25) is 0 Å². The highest BCUT2D eigenvalue weighted by molar-refractivity contribution is 9.10. The van der Waals surface area contributed by atoms with Gasteiger partial charge in [0.05, 0.1) is 24.4 Å². The maximum Gasteiger partial charge on any atom is 0.241 e. The zero-order valence-corrected chi connectivity index (χ0v) is 18.4. The number of ether oxygens (including phenoxy) is 1. The van der Waals surface area contributed by atoms with Gasteiger partial charge in [-0.2, -0.15) is 0 Å². The molecule has 1 amide bonds. The number of nitrogens with zero attached hydrogens (tertiary/aromatic N) is 1. The Morgan fingerprint density at radius 3 is 2.77 bits per heavy atom. The molecule has 2 unspecified atom stereocenters. The summed E-state index contributed by atoms with van der Waals surface area (Å²) in [6, 6.07) is 14.9. The second-order valence-electron chi connectivity index (χ2n) is 7.43. The van der Waals surface area contributed by atoms with Crippen molar-refractivity contribution in [1.29, 1.82) is 0 Å². The van der Waals surface area contributed by atoms with Gasteiger partial charge in [0.15, 0.2) is 11.5 Å². The van der Waals surface area contributed by atoms with Gasteiger partial charge in [-0.1, -0.05) is 40.2 Å². The van der Waals surface area contributed by atoms with Crippen LogP contribution in [0.5, 0.6) is 0 Å². The number of para-hydroxylation sites is 1. The van der Waals surface area contributed by atoms with Gasteiger partial charge in [0, 0.05) is 29.9 Å². The molecule has 30 heavy (non-hydrogen) atoms. The highest BCUT2D eigenvalue weighted by Crippen LogP contribution is 2.32. The molecule has 4 rings (SSSR count). The summed E-state index contributed by atoms with van der Waals surface area (Å²) < 4.78 is 12.6. The molecule has 2 aromatic carbocycles. The Balaban J connectivity index is 1.52. The fraction of sp³-hybridized carbons (Fsp3) is 0.304. The van der Waals surface area contributed by atoms with Gasteiger partial charge >= 0.3 is 0 Å². The van der Waals surface area contributed by atoms with E-state index in [0.717, 1.165) is 15.4 Å². The van der Waals surface area contributed by atoms with Crippen LogP contribution in [0.15, 0.2) is 57.4 Å². The summed E-state index contributed by atoms with van der Waals surface area (Å²) >= 11 is 3.50. The number of rotatable bonds is 5. The van der Waals surface area contributed by atoms with Crippen LogP contribution in [0.1, 0.15) is 36.1 Å². The summed E-state index contributed by atoms with van der Waals surface area (Å²) in [6.45, 7) is 5.11. The molecule has 1 aliphatic heterocycles. The van der Waals surface area contributed by atoms with Gasteiger partial charge in [-0.3, -0.25) is 14.5 Å². The highest BCUT2D eigenvalue weighted by Gasteiger charge is 2.30. The third-order valence-electron chi connectivity index (χ3n) is 5.41. The smallest absolute Gasteiger partial charge is 0.241 e. The van der Waals surface area contributed by atoms with E-state index in [0.29, 0.717) is 31.0 Å². The first-order chi connectivity index (χ1) is 14.4. The van der Waals surface area contributed by atoms with Crippen molar-refractivity contribution in [3.63, 3.8) is 0 Å². The molecule has 0 spiro atoms. The van der Waals surface area contributed by atoms with E-state index < -0.39 is 6.04 Å². The van der Waals surface area contributed by atoms with Gasteiger partial charge in [0.25, 0.3) is 0 Å². The highest BCUT2D eigenvalue weighted by atomic mass is 79.9. The van der Waals surface area contributed by atoms with Crippen LogP contribution in [0.25, 0.3) is 11.0 Å². The molecule has 0 radical (unpaired) electrons. The second-order valence-corrected chi connectivity index (χ2v) is 8.35. The van der Waals surface area contributed by atoms with E-state index >= 15 is 0 Å². The molecule has 1 aromatic heterocycles. The monoisotopic (exact) mass is 470 g/mol. The van der Waals surface area contributed by atoms with E-state index in [-0.39, 0.29) is 23.6 Å². The topological polar surface area (TPSA) is 71.8 Å². The van der Waals surface area contributed by atoms with Gasteiger partial charge in [-0.05, 0) is 36.8 Å². The second kappa shape index (κ2) is 8.71. The molecular formula is C23H23BrN2O4. The van der Waals surface area contributed by atoms with E-state index in [2.05, 4.69) is 26.1 Å². The van der Waals surface area contributed by atoms with E-state index in [1.807, 2.05) is 49.4 Å². The summed E-state index contributed by atoms with van der Waals surface area (Å²) in [5.41, 5.74) is 2.08. The number of furan rings is 1. The van der Waals surface area contributed by atoms with Crippen LogP contribution in [-0.4, -0.2) is 42.3 Å². The van der Waals surface area contributed by atoms with Crippen LogP contribution in [0.3, 0.4) is 0 Å². The van der Waals surface area contributed by atoms with Crippen molar-refractivity contribution in [1.82, 2.24) is 4.90 Å². The maximum atomic E-state index is 13.1. The van der Waals surface area contributed by atoms with Crippen LogP contribution in [0.4, 0.5) is 5.69 Å². The molecule has 0 saturated carbocycles. The minimum atomic E-state index is -0.392. The Hall–Kier alpha value is -2.48. The summed E-state index contributed by atoms with van der Waals surface area (Å²) in [5, 5.41) is 3.65. The number of benzene rings is 2. The van der Waals surface area contributed by atoms with Gasteiger partial charge in [0.1, 0.15) is 5.58 Å². The van der Waals surface area contributed by atoms with Gasteiger partial charge in [-0.25, -0.2) is 0 Å². The van der Waals surface area contributed by atoms with E-state index in [1.165, 1.54) is 6.92 Å². The van der Waals surface area contributed by atoms with Crippen LogP contribution in [0, 0.1) is 0 Å². The average Bonchev–Trinajstić information content (AvgIpc) is 3.12. The Kier molecular flexibility index (Phi) is 6.04. The minimum Gasteiger partial charge on any atom is -0.451 e. The van der Waals surface area contributed by atoms with Crippen molar-refractivity contribution in [2.45, 2.75) is 26.0 Å². The van der Waals surface area contributed by atoms with E-state index in [9.17, 15) is 9.59 Å². The molecule has 1 N–H and O–H groups in total. The number of nitrogens with one attached hydrogen (secondary N) is 1. The lowest BCUT2D eigenvalue weighted by Crippen LogP contribution is -2.48. The number of halogens is 1. The Bertz CT molecular complexity index is 1090. The summed E-state index contributed by atoms with van der Waals surface area (Å²) in [5.74, 6) is -0.236. The third kappa shape index (κ3) is 4.19. The van der Waals surface area contributed by atoms with Crippen molar-refractivity contribution < 1.29 is 18.7 Å². The van der Waals surface area contributed by atoms with Gasteiger partial charge in [0.2, 0.25) is 5.91 Å². The summed E-state index contributed by atoms with van der Waals surface area (Å²) in [7, 11) is 0. The molecule has 2 atom stereocenters. The number of morpholine rings is 1. The van der Waals surface area contributed by atoms with Crippen molar-refractivity contribution >= 4 is 44.3 Å². The lowest BCUT2D eigenvalue weighted by atomic mass is 10.1. The molecule has 2 heterocycles. The zero-order valence-electron chi connectivity index (χ0n) is 16.9. The number of fused-ring (bicyclic) bond motifs is 1. The molecule has 6 nitrogen and oxygen atoms in total. The molecule has 0 bridgehead atoms. The Morgan fingerprint density at radius 2 is 2.00 bits per heavy atom. The number of hydrogen-bond donors (Lipinski definition) is 1. The van der Waals surface area contributed by atoms with Gasteiger partial charge in [-0.15, -0.1) is 0 Å². The standard InChI is InChI=1S/C23H23BrN2O4/c1-14(26-10-11-29-20(13-26)16-6-5-7-17(24)12-16)23(28)25-21-18-8-3-4-9-19(18)30-22(21)15(2)27/h3-9,12,14,20H,10-11,13H2,1-2H3,(H,25,28). The lowest BCUT2D eigenvalue weighted by molar-refractivity contribution is -0.124. The van der Waals surface area contributed by atoms with Crippen molar-refractivity contribution in [3.05, 3.63) is 64.3 Å². The lowest BCUT2D eigenvalue weighted by Gasteiger charge is -2.36. The molecular weight excluding hydrogens is 448 g/mol. The quantitative estimate of drug-likeness (QED) is 0.542. The molecule has 1 fully saturated rings. The number of Topliss-reactive ketones (excluding diaryl/α,β-unsaturated/α-hetero) is 1. The number of hydrogen-bond acceptors (Lipinski definition) is 5. The maximum absolute atomic E-state index is 13.1. The fourth-order valence-corrected chi connectivity index (χ4v) is 4.16. The molecule has 1 saturated heterocycles. The predicted octanol–water partition coefficient (Wildman–Crippen LogP) is 4.80. The first-order valence-electron chi connectivity index (χ1n) is 9.88. The number of anilines is 1. The minimum absolute atomic E-state index is 0.103. The van der Waals surface area contributed by atoms with Crippen molar-refractivity contribution in [2.24, 2.45) is 0 Å². The van der Waals surface area contributed by atoms with Crippen molar-refractivity contribution in [3.8, 4) is 0 Å². The van der Waals surface area contributed by atoms with E-state index in [4.69, 9.17) is 9.15 Å². The number of amides is 1. The number of ketones is 1. The Labute approximate surface area is 183 Å². The van der Waals surface area contributed by atoms with Crippen LogP contribution in [-0.2, 0) is 9.53 Å². The summed E-state index contributed by atoms with van der Waals surface area (Å²) in [6.07, 6.45) is -0.103. The van der Waals surface area contributed by atoms with E-state index in [1.54, 1.807) is 6.07 Å². The average molecular weight is 471 g/mol. The number of carbonyl (C=O) groups is 2. The SMILES string of the molecule is CC(=O)c1oc2ccccc2c1NC(=O)C(C)N1CCOC(c2cccc(Br)c2)C1. The molecule has 0 aliphatic carbocycles. The predicted molar refractivity (Wildman–Crippen MR) is 119 cm³/mol. The van der Waals surface area contributed by atoms with Crippen LogP contribution >= 0.6 is 15.9 Å². The molecule has 156 valence electrons. The largest absolute Gasteiger partial charge is 0.451 e. The molecule has 3 aromatic rings. The summed E-state index contributed by atoms with van der Waals surface area (Å²) in [4.78, 5) is 27.2. The normalized spacial score (nSPS) is 18.3. The Morgan fingerprint density at radius 1 is 1.20 bits per heavy atom. The van der Waals surface area contributed by atoms with Crippen molar-refractivity contribution in [2.75, 3.05) is 25.0 Å².